The van der Waals surface area contributed by atoms with Crippen LogP contribution in [0.3, 0.4) is 0 Å². The van der Waals surface area contributed by atoms with Crippen LogP contribution in [0, 0.1) is 0 Å². The van der Waals surface area contributed by atoms with Gasteiger partial charge in [-0.2, -0.15) is 0 Å². The molecule has 2 aliphatic heterocycles. The number of benzene rings is 1. The van der Waals surface area contributed by atoms with E-state index in [1.807, 2.05) is 18.2 Å². The predicted molar refractivity (Wildman–Crippen MR) is 77.8 cm³/mol. The summed E-state index contributed by atoms with van der Waals surface area (Å²) in [4.78, 5) is 25.6. The number of piperidine rings is 1. The number of hydrogen-bond acceptors (Lipinski definition) is 3. The van der Waals surface area contributed by atoms with Crippen LogP contribution in [-0.2, 0) is 22.6 Å². The second-order valence-corrected chi connectivity index (χ2v) is 5.79. The summed E-state index contributed by atoms with van der Waals surface area (Å²) < 4.78 is 0. The minimum absolute atomic E-state index is 0.0726. The molecule has 21 heavy (non-hydrogen) atoms. The number of hydrogen-bond donors (Lipinski definition) is 2. The predicted octanol–water partition coefficient (Wildman–Crippen LogP) is 1.17. The van der Waals surface area contributed by atoms with E-state index in [4.69, 9.17) is 0 Å². The number of carbonyl (C=O) groups is 2. The third-order valence-electron chi connectivity index (χ3n) is 4.45. The van der Waals surface area contributed by atoms with E-state index >= 15 is 0 Å². The van der Waals surface area contributed by atoms with Gasteiger partial charge < -0.3 is 15.3 Å². The Labute approximate surface area is 123 Å². The summed E-state index contributed by atoms with van der Waals surface area (Å²) >= 11 is 0. The van der Waals surface area contributed by atoms with Crippen molar-refractivity contribution in [3.05, 3.63) is 35.4 Å². The van der Waals surface area contributed by atoms with Crippen molar-refractivity contribution in [3.63, 3.8) is 0 Å². The zero-order chi connectivity index (χ0) is 14.8. The Morgan fingerprint density at radius 3 is 2.71 bits per heavy atom. The van der Waals surface area contributed by atoms with Crippen molar-refractivity contribution in [3.8, 4) is 0 Å². The molecule has 2 N–H and O–H groups in total. The molecule has 1 unspecified atom stereocenters. The first-order chi connectivity index (χ1) is 10.2. The van der Waals surface area contributed by atoms with Crippen molar-refractivity contribution in [2.75, 3.05) is 6.54 Å². The number of rotatable bonds is 2. The lowest BCUT2D eigenvalue weighted by molar-refractivity contribution is -0.153. The standard InChI is InChI=1S/C16H20N2O3/c19-15(18-8-4-3-7-14(18)16(20)21)13-9-11-5-1-2-6-12(11)10-17-13/h1-2,5-6,13-14,17H,3-4,7-10H2,(H,20,21)/t13-,14?/m1/s1. The van der Waals surface area contributed by atoms with Crippen molar-refractivity contribution in [2.45, 2.75) is 44.3 Å². The largest absolute Gasteiger partial charge is 0.480 e. The van der Waals surface area contributed by atoms with E-state index in [9.17, 15) is 14.7 Å². The average Bonchev–Trinajstić information content (AvgIpc) is 2.53. The fourth-order valence-corrected chi connectivity index (χ4v) is 3.28. The van der Waals surface area contributed by atoms with Crippen LogP contribution < -0.4 is 5.32 Å². The molecule has 0 radical (unpaired) electrons. The van der Waals surface area contributed by atoms with Crippen molar-refractivity contribution in [1.29, 1.82) is 0 Å². The summed E-state index contributed by atoms with van der Waals surface area (Å²) in [6, 6.07) is 7.11. The molecular formula is C16H20N2O3. The molecule has 1 aromatic rings. The summed E-state index contributed by atoms with van der Waals surface area (Å²) in [6.45, 7) is 1.22. The van der Waals surface area contributed by atoms with Crippen LogP contribution in [0.1, 0.15) is 30.4 Å². The highest BCUT2D eigenvalue weighted by atomic mass is 16.4. The molecule has 0 saturated carbocycles. The molecule has 2 aliphatic rings. The van der Waals surface area contributed by atoms with E-state index in [0.717, 1.165) is 12.8 Å². The van der Waals surface area contributed by atoms with Crippen molar-refractivity contribution in [2.24, 2.45) is 0 Å². The van der Waals surface area contributed by atoms with Gasteiger partial charge in [-0.1, -0.05) is 24.3 Å². The highest BCUT2D eigenvalue weighted by Crippen LogP contribution is 2.22. The number of aliphatic carboxylic acids is 1. The quantitative estimate of drug-likeness (QED) is 0.857. The summed E-state index contributed by atoms with van der Waals surface area (Å²) in [6.07, 6.45) is 2.96. The molecule has 0 bridgehead atoms. The number of carboxylic acid groups (broad SMARTS) is 1. The monoisotopic (exact) mass is 288 g/mol. The molecule has 1 fully saturated rings. The Kier molecular flexibility index (Phi) is 3.92. The fraction of sp³-hybridized carbons (Fsp3) is 0.500. The highest BCUT2D eigenvalue weighted by molar-refractivity contribution is 5.87. The van der Waals surface area contributed by atoms with E-state index in [1.165, 1.54) is 11.1 Å². The summed E-state index contributed by atoms with van der Waals surface area (Å²) in [7, 11) is 0. The van der Waals surface area contributed by atoms with Gasteiger partial charge in [0, 0.05) is 13.1 Å². The number of nitrogens with one attached hydrogen (secondary N) is 1. The smallest absolute Gasteiger partial charge is 0.326 e. The zero-order valence-electron chi connectivity index (χ0n) is 11.9. The average molecular weight is 288 g/mol. The molecule has 112 valence electrons. The lowest BCUT2D eigenvalue weighted by Gasteiger charge is -2.37. The third-order valence-corrected chi connectivity index (χ3v) is 4.45. The lowest BCUT2D eigenvalue weighted by atomic mass is 9.93. The summed E-state index contributed by atoms with van der Waals surface area (Å²) in [5.41, 5.74) is 2.40. The number of amides is 1. The van der Waals surface area contributed by atoms with Gasteiger partial charge in [-0.3, -0.25) is 4.79 Å². The second-order valence-electron chi connectivity index (χ2n) is 5.79. The molecule has 1 saturated heterocycles. The molecule has 2 heterocycles. The fourth-order valence-electron chi connectivity index (χ4n) is 3.28. The van der Waals surface area contributed by atoms with Crippen molar-refractivity contribution >= 4 is 11.9 Å². The van der Waals surface area contributed by atoms with Gasteiger partial charge in [0.2, 0.25) is 5.91 Å². The minimum atomic E-state index is -0.890. The molecular weight excluding hydrogens is 268 g/mol. The van der Waals surface area contributed by atoms with E-state index < -0.39 is 12.0 Å². The van der Waals surface area contributed by atoms with Gasteiger partial charge in [-0.05, 0) is 36.8 Å². The minimum Gasteiger partial charge on any atom is -0.480 e. The molecule has 1 amide bonds. The van der Waals surface area contributed by atoms with Crippen molar-refractivity contribution < 1.29 is 14.7 Å². The van der Waals surface area contributed by atoms with Crippen LogP contribution in [0.25, 0.3) is 0 Å². The zero-order valence-corrected chi connectivity index (χ0v) is 11.9. The van der Waals surface area contributed by atoms with E-state index in [2.05, 4.69) is 11.4 Å². The normalized spacial score (nSPS) is 25.2. The summed E-state index contributed by atoms with van der Waals surface area (Å²) in [5, 5.41) is 12.5. The Morgan fingerprint density at radius 2 is 1.95 bits per heavy atom. The van der Waals surface area contributed by atoms with Crippen molar-refractivity contribution in [1.82, 2.24) is 10.2 Å². The molecule has 0 aromatic heterocycles. The topological polar surface area (TPSA) is 69.6 Å². The Balaban J connectivity index is 1.75. The van der Waals surface area contributed by atoms with E-state index in [-0.39, 0.29) is 11.9 Å². The number of nitrogens with zero attached hydrogens (tertiary/aromatic N) is 1. The molecule has 0 aliphatic carbocycles. The number of likely N-dealkylation sites (tertiary alicyclic amines) is 1. The van der Waals surface area contributed by atoms with Gasteiger partial charge in [-0.15, -0.1) is 0 Å². The van der Waals surface area contributed by atoms with Crippen LogP contribution in [0.15, 0.2) is 24.3 Å². The highest BCUT2D eigenvalue weighted by Gasteiger charge is 2.36. The van der Waals surface area contributed by atoms with Crippen LogP contribution in [-0.4, -0.2) is 40.5 Å². The number of carboxylic acids is 1. The van der Waals surface area contributed by atoms with Gasteiger partial charge in [-0.25, -0.2) is 4.79 Å². The van der Waals surface area contributed by atoms with Gasteiger partial charge in [0.1, 0.15) is 6.04 Å². The maximum Gasteiger partial charge on any atom is 0.326 e. The molecule has 5 nitrogen and oxygen atoms in total. The molecule has 5 heteroatoms. The third kappa shape index (κ3) is 2.78. The maximum absolute atomic E-state index is 12.7. The Morgan fingerprint density at radius 1 is 1.19 bits per heavy atom. The number of fused-ring (bicyclic) bond motifs is 1. The molecule has 0 spiro atoms. The SMILES string of the molecule is O=C(O)C1CCCCN1C(=O)[C@H]1Cc2ccccc2CN1. The Bertz CT molecular complexity index is 558. The van der Waals surface area contributed by atoms with E-state index in [1.54, 1.807) is 4.90 Å². The number of carbonyl (C=O) groups excluding carboxylic acids is 1. The molecule has 3 rings (SSSR count). The van der Waals surface area contributed by atoms with Gasteiger partial charge in [0.25, 0.3) is 0 Å². The van der Waals surface area contributed by atoms with Crippen LogP contribution in [0.5, 0.6) is 0 Å². The van der Waals surface area contributed by atoms with Crippen LogP contribution >= 0.6 is 0 Å². The first-order valence-electron chi connectivity index (χ1n) is 7.50. The molecule has 2 atom stereocenters. The molecule has 1 aromatic carbocycles. The first kappa shape index (κ1) is 14.1. The van der Waals surface area contributed by atoms with Gasteiger partial charge >= 0.3 is 5.97 Å². The maximum atomic E-state index is 12.7. The first-order valence-corrected chi connectivity index (χ1v) is 7.50. The summed E-state index contributed by atoms with van der Waals surface area (Å²) in [5.74, 6) is -0.962. The second kappa shape index (κ2) is 5.85. The van der Waals surface area contributed by atoms with Crippen LogP contribution in [0.4, 0.5) is 0 Å². The van der Waals surface area contributed by atoms with Gasteiger partial charge in [0.05, 0.1) is 6.04 Å². The lowest BCUT2D eigenvalue weighted by Crippen LogP contribution is -2.56. The van der Waals surface area contributed by atoms with E-state index in [0.29, 0.717) is 25.9 Å². The van der Waals surface area contributed by atoms with Gasteiger partial charge in [0.15, 0.2) is 0 Å². The van der Waals surface area contributed by atoms with Crippen LogP contribution in [0.2, 0.25) is 0 Å². The Hall–Kier alpha value is -1.88.